The molecule has 0 fully saturated rings. The zero-order chi connectivity index (χ0) is 18.2. The molecule has 0 aliphatic heterocycles. The second-order valence-electron chi connectivity index (χ2n) is 6.17. The molecule has 0 amide bonds. The van der Waals surface area contributed by atoms with Gasteiger partial charge < -0.3 is 13.3 Å². The molecule has 0 heterocycles. The van der Waals surface area contributed by atoms with Crippen LogP contribution in [-0.2, 0) is 18.9 Å². The molecule has 4 heteroatoms. The lowest BCUT2D eigenvalue weighted by molar-refractivity contribution is -0.00160. The first kappa shape index (κ1) is 19.9. The summed E-state index contributed by atoms with van der Waals surface area (Å²) in [5.74, 6) is 0. The highest BCUT2D eigenvalue weighted by Gasteiger charge is 2.47. The second kappa shape index (κ2) is 9.29. The van der Waals surface area contributed by atoms with E-state index in [1.54, 1.807) is 0 Å². The average molecular weight is 359 g/mol. The standard InChI is InChI=1S/C21H30O3Si/c1-5-18-25(22-6-2,23-7-3)24-21(4,19-14-10-8-11-15-19)20-16-12-9-13-17-20/h8-17H,5-7,18H2,1-4H3. The first-order valence-electron chi connectivity index (χ1n) is 9.19. The Labute approximate surface area is 153 Å². The highest BCUT2D eigenvalue weighted by atomic mass is 28.4. The molecule has 136 valence electrons. The minimum atomic E-state index is -2.80. The van der Waals surface area contributed by atoms with Gasteiger partial charge in [0, 0.05) is 19.3 Å². The maximum Gasteiger partial charge on any atom is 0.501 e. The van der Waals surface area contributed by atoms with Crippen LogP contribution in [0.15, 0.2) is 60.7 Å². The molecule has 2 aromatic rings. The summed E-state index contributed by atoms with van der Waals surface area (Å²) >= 11 is 0. The van der Waals surface area contributed by atoms with Gasteiger partial charge in [-0.15, -0.1) is 0 Å². The third kappa shape index (κ3) is 4.79. The molecular formula is C21H30O3Si. The maximum absolute atomic E-state index is 6.81. The normalized spacial score (nSPS) is 12.3. The molecule has 0 spiro atoms. The van der Waals surface area contributed by atoms with Gasteiger partial charge in [0.1, 0.15) is 5.60 Å². The van der Waals surface area contributed by atoms with E-state index < -0.39 is 14.4 Å². The van der Waals surface area contributed by atoms with Crippen LogP contribution in [0.25, 0.3) is 0 Å². The Bertz CT molecular complexity index is 559. The molecule has 0 saturated carbocycles. The van der Waals surface area contributed by atoms with Crippen molar-refractivity contribution in [2.24, 2.45) is 0 Å². The van der Waals surface area contributed by atoms with Gasteiger partial charge >= 0.3 is 8.80 Å². The van der Waals surface area contributed by atoms with Crippen LogP contribution in [0.3, 0.4) is 0 Å². The summed E-state index contributed by atoms with van der Waals surface area (Å²) in [6.07, 6.45) is 0.964. The van der Waals surface area contributed by atoms with E-state index in [1.807, 2.05) is 50.2 Å². The Morgan fingerprint density at radius 2 is 1.20 bits per heavy atom. The van der Waals surface area contributed by atoms with Crippen molar-refractivity contribution in [2.75, 3.05) is 13.2 Å². The van der Waals surface area contributed by atoms with Crippen molar-refractivity contribution in [3.63, 3.8) is 0 Å². The Morgan fingerprint density at radius 1 is 0.760 bits per heavy atom. The van der Waals surface area contributed by atoms with Gasteiger partial charge in [-0.25, -0.2) is 0 Å². The van der Waals surface area contributed by atoms with Crippen molar-refractivity contribution in [3.05, 3.63) is 71.8 Å². The lowest BCUT2D eigenvalue weighted by atomic mass is 9.88. The molecular weight excluding hydrogens is 328 g/mol. The minimum absolute atomic E-state index is 0.589. The monoisotopic (exact) mass is 358 g/mol. The van der Waals surface area contributed by atoms with Crippen molar-refractivity contribution in [3.8, 4) is 0 Å². The van der Waals surface area contributed by atoms with Crippen molar-refractivity contribution >= 4 is 8.80 Å². The topological polar surface area (TPSA) is 27.7 Å². The van der Waals surface area contributed by atoms with E-state index in [9.17, 15) is 0 Å². The van der Waals surface area contributed by atoms with Crippen molar-refractivity contribution in [1.82, 2.24) is 0 Å². The molecule has 0 radical (unpaired) electrons. The van der Waals surface area contributed by atoms with Crippen LogP contribution in [0.1, 0.15) is 45.2 Å². The summed E-state index contributed by atoms with van der Waals surface area (Å²) in [4.78, 5) is 0. The van der Waals surface area contributed by atoms with E-state index in [0.29, 0.717) is 13.2 Å². The van der Waals surface area contributed by atoms with Gasteiger partial charge in [-0.05, 0) is 31.9 Å². The molecule has 2 rings (SSSR count). The quantitative estimate of drug-likeness (QED) is 0.533. The smallest absolute Gasteiger partial charge is 0.374 e. The molecule has 0 atom stereocenters. The van der Waals surface area contributed by atoms with Crippen LogP contribution in [0.2, 0.25) is 6.04 Å². The first-order chi connectivity index (χ1) is 12.1. The second-order valence-corrected chi connectivity index (χ2v) is 8.81. The summed E-state index contributed by atoms with van der Waals surface area (Å²) in [5.41, 5.74) is 1.59. The van der Waals surface area contributed by atoms with Crippen molar-refractivity contribution < 1.29 is 13.3 Å². The molecule has 0 unspecified atom stereocenters. The van der Waals surface area contributed by atoms with Crippen molar-refractivity contribution in [2.45, 2.75) is 45.8 Å². The van der Waals surface area contributed by atoms with Gasteiger partial charge in [0.15, 0.2) is 0 Å². The molecule has 0 aliphatic carbocycles. The molecule has 0 aromatic heterocycles. The first-order valence-corrected chi connectivity index (χ1v) is 11.1. The number of hydrogen-bond acceptors (Lipinski definition) is 3. The third-order valence-corrected chi connectivity index (χ3v) is 7.58. The molecule has 0 saturated heterocycles. The Morgan fingerprint density at radius 3 is 1.56 bits per heavy atom. The fourth-order valence-electron chi connectivity index (χ4n) is 3.15. The van der Waals surface area contributed by atoms with E-state index >= 15 is 0 Å². The molecule has 25 heavy (non-hydrogen) atoms. The van der Waals surface area contributed by atoms with Gasteiger partial charge in [-0.2, -0.15) is 0 Å². The lowest BCUT2D eigenvalue weighted by Crippen LogP contribution is -2.51. The highest BCUT2D eigenvalue weighted by molar-refractivity contribution is 6.60. The van der Waals surface area contributed by atoms with Gasteiger partial charge in [0.05, 0.1) is 0 Å². The van der Waals surface area contributed by atoms with Gasteiger partial charge in [0.2, 0.25) is 0 Å². The van der Waals surface area contributed by atoms with Crippen LogP contribution in [-0.4, -0.2) is 22.0 Å². The highest BCUT2D eigenvalue weighted by Crippen LogP contribution is 2.38. The van der Waals surface area contributed by atoms with Crippen LogP contribution >= 0.6 is 0 Å². The minimum Gasteiger partial charge on any atom is -0.374 e. The molecule has 2 aromatic carbocycles. The van der Waals surface area contributed by atoms with Gasteiger partial charge in [-0.1, -0.05) is 74.0 Å². The van der Waals surface area contributed by atoms with E-state index in [4.69, 9.17) is 13.3 Å². The van der Waals surface area contributed by atoms with Crippen LogP contribution in [0.4, 0.5) is 0 Å². The van der Waals surface area contributed by atoms with Crippen LogP contribution < -0.4 is 0 Å². The third-order valence-electron chi connectivity index (χ3n) is 4.29. The lowest BCUT2D eigenvalue weighted by Gasteiger charge is -2.40. The van der Waals surface area contributed by atoms with Crippen molar-refractivity contribution in [1.29, 1.82) is 0 Å². The van der Waals surface area contributed by atoms with Crippen LogP contribution in [0.5, 0.6) is 0 Å². The number of rotatable bonds is 10. The average Bonchev–Trinajstić information content (AvgIpc) is 2.64. The summed E-state index contributed by atoms with van der Waals surface area (Å²) in [6, 6.07) is 21.5. The zero-order valence-corrected chi connectivity index (χ0v) is 16.8. The number of hydrogen-bond donors (Lipinski definition) is 0. The summed E-state index contributed by atoms with van der Waals surface area (Å²) in [6.45, 7) is 9.45. The van der Waals surface area contributed by atoms with E-state index in [-0.39, 0.29) is 0 Å². The SMILES string of the molecule is CCC[Si](OCC)(OCC)OC(C)(c1ccccc1)c1ccccc1. The largest absolute Gasteiger partial charge is 0.501 e. The molecule has 0 bridgehead atoms. The van der Waals surface area contributed by atoms with E-state index in [1.165, 1.54) is 0 Å². The fourth-order valence-corrected chi connectivity index (χ4v) is 6.09. The molecule has 3 nitrogen and oxygen atoms in total. The Kier molecular flexibility index (Phi) is 7.38. The molecule has 0 N–H and O–H groups in total. The predicted octanol–water partition coefficient (Wildman–Crippen LogP) is 5.39. The van der Waals surface area contributed by atoms with Crippen LogP contribution in [0, 0.1) is 0 Å². The summed E-state index contributed by atoms with van der Waals surface area (Å²) in [5, 5.41) is 0. The maximum atomic E-state index is 6.81. The number of benzene rings is 2. The fraction of sp³-hybridized carbons (Fsp3) is 0.429. The van der Waals surface area contributed by atoms with E-state index in [2.05, 4.69) is 38.1 Å². The zero-order valence-electron chi connectivity index (χ0n) is 15.8. The molecule has 0 aliphatic rings. The summed E-state index contributed by atoms with van der Waals surface area (Å²) < 4.78 is 19.1. The van der Waals surface area contributed by atoms with Gasteiger partial charge in [0.25, 0.3) is 0 Å². The predicted molar refractivity (Wildman–Crippen MR) is 105 cm³/mol. The Hall–Kier alpha value is -1.46. The Balaban J connectivity index is 2.51. The summed E-state index contributed by atoms with van der Waals surface area (Å²) in [7, 11) is -2.80. The van der Waals surface area contributed by atoms with Gasteiger partial charge in [-0.3, -0.25) is 0 Å². The van der Waals surface area contributed by atoms with E-state index in [0.717, 1.165) is 23.6 Å².